The molecule has 28 heavy (non-hydrogen) atoms. The summed E-state index contributed by atoms with van der Waals surface area (Å²) in [7, 11) is 1.61. The lowest BCUT2D eigenvalue weighted by atomic mass is 9.94. The number of benzene rings is 3. The van der Waals surface area contributed by atoms with Crippen molar-refractivity contribution in [3.63, 3.8) is 0 Å². The van der Waals surface area contributed by atoms with E-state index in [1.807, 2.05) is 78.9 Å². The average Bonchev–Trinajstić information content (AvgIpc) is 2.72. The molecule has 4 nitrogen and oxygen atoms in total. The van der Waals surface area contributed by atoms with Crippen molar-refractivity contribution in [1.29, 1.82) is 0 Å². The van der Waals surface area contributed by atoms with Gasteiger partial charge >= 0.3 is 5.97 Å². The minimum Gasteiger partial charge on any atom is -0.497 e. The molecule has 0 aliphatic carbocycles. The Hall–Kier alpha value is -2.82. The van der Waals surface area contributed by atoms with Crippen molar-refractivity contribution in [2.75, 3.05) is 7.11 Å². The van der Waals surface area contributed by atoms with Crippen molar-refractivity contribution in [2.45, 2.75) is 19.0 Å². The molecule has 0 aromatic heterocycles. The molecule has 0 aliphatic heterocycles. The third-order valence-electron chi connectivity index (χ3n) is 4.51. The van der Waals surface area contributed by atoms with Crippen molar-refractivity contribution in [3.8, 4) is 16.9 Å². The van der Waals surface area contributed by atoms with Gasteiger partial charge in [0.2, 0.25) is 0 Å². The highest BCUT2D eigenvalue weighted by Crippen LogP contribution is 2.28. The summed E-state index contributed by atoms with van der Waals surface area (Å²) < 4.78 is 5.35. The molecule has 2 N–H and O–H groups in total. The van der Waals surface area contributed by atoms with E-state index in [0.717, 1.165) is 28.0 Å². The van der Waals surface area contributed by atoms with Crippen LogP contribution in [0.5, 0.6) is 5.75 Å². The highest BCUT2D eigenvalue weighted by atomic mass is 35.5. The average molecular weight is 398 g/mol. The number of carboxylic acids is 1. The summed E-state index contributed by atoms with van der Waals surface area (Å²) in [5.74, 6) is -0.148. The summed E-state index contributed by atoms with van der Waals surface area (Å²) in [6.45, 7) is 0.502. The first-order valence-corrected chi connectivity index (χ1v) is 8.90. The van der Waals surface area contributed by atoms with Crippen LogP contribution < -0.4 is 10.1 Å². The van der Waals surface area contributed by atoms with Crippen LogP contribution in [-0.2, 0) is 17.8 Å². The Labute approximate surface area is 171 Å². The molecular weight excluding hydrogens is 374 g/mol. The van der Waals surface area contributed by atoms with Crippen LogP contribution in [0.25, 0.3) is 11.1 Å². The fourth-order valence-electron chi connectivity index (χ4n) is 3.07. The van der Waals surface area contributed by atoms with Crippen LogP contribution >= 0.6 is 12.4 Å². The fourth-order valence-corrected chi connectivity index (χ4v) is 3.07. The maximum atomic E-state index is 11.8. The van der Waals surface area contributed by atoms with Crippen LogP contribution in [-0.4, -0.2) is 24.2 Å². The van der Waals surface area contributed by atoms with E-state index >= 15 is 0 Å². The zero-order valence-corrected chi connectivity index (χ0v) is 16.5. The number of ether oxygens (including phenoxy) is 1. The SMILES string of the molecule is COc1ccc(-c2ccccc2)c(C[C@H](NCc2ccccc2)C(=O)O)c1.Cl. The van der Waals surface area contributed by atoms with Crippen LogP contribution in [0.15, 0.2) is 78.9 Å². The van der Waals surface area contributed by atoms with Gasteiger partial charge in [0.15, 0.2) is 0 Å². The van der Waals surface area contributed by atoms with Gasteiger partial charge in [0.25, 0.3) is 0 Å². The maximum absolute atomic E-state index is 11.8. The Bertz CT molecular complexity index is 885. The maximum Gasteiger partial charge on any atom is 0.321 e. The fraction of sp³-hybridized carbons (Fsp3) is 0.174. The smallest absolute Gasteiger partial charge is 0.321 e. The van der Waals surface area contributed by atoms with Crippen LogP contribution in [0.3, 0.4) is 0 Å². The van der Waals surface area contributed by atoms with E-state index in [1.165, 1.54) is 0 Å². The number of halogens is 1. The van der Waals surface area contributed by atoms with Gasteiger partial charge in [0.1, 0.15) is 11.8 Å². The lowest BCUT2D eigenvalue weighted by Crippen LogP contribution is -2.38. The topological polar surface area (TPSA) is 58.6 Å². The largest absolute Gasteiger partial charge is 0.497 e. The van der Waals surface area contributed by atoms with Gasteiger partial charge in [0, 0.05) is 6.54 Å². The zero-order chi connectivity index (χ0) is 19.1. The van der Waals surface area contributed by atoms with E-state index in [4.69, 9.17) is 4.74 Å². The van der Waals surface area contributed by atoms with Gasteiger partial charge in [0.05, 0.1) is 7.11 Å². The van der Waals surface area contributed by atoms with Crippen molar-refractivity contribution in [2.24, 2.45) is 0 Å². The number of aliphatic carboxylic acids is 1. The predicted molar refractivity (Wildman–Crippen MR) is 114 cm³/mol. The first-order valence-electron chi connectivity index (χ1n) is 8.90. The number of rotatable bonds is 8. The second-order valence-electron chi connectivity index (χ2n) is 6.35. The standard InChI is InChI=1S/C23H23NO3.ClH/c1-27-20-12-13-21(18-10-6-3-7-11-18)19(14-20)15-22(23(25)26)24-16-17-8-4-2-5-9-17;/h2-14,22,24H,15-16H2,1H3,(H,25,26);1H/t22-;/m0./s1. The molecule has 5 heteroatoms. The minimum atomic E-state index is -0.868. The summed E-state index contributed by atoms with van der Waals surface area (Å²) in [6, 6.07) is 24.9. The first-order chi connectivity index (χ1) is 13.2. The quantitative estimate of drug-likeness (QED) is 0.584. The van der Waals surface area contributed by atoms with Crippen molar-refractivity contribution < 1.29 is 14.6 Å². The number of hydrogen-bond donors (Lipinski definition) is 2. The Morgan fingerprint density at radius 2 is 1.64 bits per heavy atom. The van der Waals surface area contributed by atoms with Crippen molar-refractivity contribution in [1.82, 2.24) is 5.32 Å². The Morgan fingerprint density at radius 1 is 1.00 bits per heavy atom. The molecule has 0 spiro atoms. The molecule has 0 aliphatic rings. The van der Waals surface area contributed by atoms with Crippen LogP contribution in [0.1, 0.15) is 11.1 Å². The molecule has 3 rings (SSSR count). The summed E-state index contributed by atoms with van der Waals surface area (Å²) in [5, 5.41) is 12.9. The highest BCUT2D eigenvalue weighted by Gasteiger charge is 2.20. The molecular formula is C23H24ClNO3. The number of hydrogen-bond acceptors (Lipinski definition) is 3. The van der Waals surface area contributed by atoms with Gasteiger partial charge < -0.3 is 15.2 Å². The third kappa shape index (κ3) is 5.59. The second-order valence-corrected chi connectivity index (χ2v) is 6.35. The van der Waals surface area contributed by atoms with Gasteiger partial charge in [-0.3, -0.25) is 4.79 Å². The van der Waals surface area contributed by atoms with Gasteiger partial charge in [-0.1, -0.05) is 66.7 Å². The molecule has 146 valence electrons. The van der Waals surface area contributed by atoms with E-state index in [2.05, 4.69) is 5.32 Å². The first kappa shape index (κ1) is 21.5. The lowest BCUT2D eigenvalue weighted by Gasteiger charge is -2.18. The van der Waals surface area contributed by atoms with Crippen LogP contribution in [0.2, 0.25) is 0 Å². The van der Waals surface area contributed by atoms with Crippen LogP contribution in [0.4, 0.5) is 0 Å². The van der Waals surface area contributed by atoms with Gasteiger partial charge in [-0.15, -0.1) is 12.4 Å². The van der Waals surface area contributed by atoms with Crippen molar-refractivity contribution in [3.05, 3.63) is 90.0 Å². The lowest BCUT2D eigenvalue weighted by molar-refractivity contribution is -0.139. The minimum absolute atomic E-state index is 0. The van der Waals surface area contributed by atoms with Gasteiger partial charge in [-0.25, -0.2) is 0 Å². The number of nitrogens with one attached hydrogen (secondary N) is 1. The Kier molecular flexibility index (Phi) is 8.05. The summed E-state index contributed by atoms with van der Waals surface area (Å²) >= 11 is 0. The molecule has 0 fully saturated rings. The van der Waals surface area contributed by atoms with E-state index < -0.39 is 12.0 Å². The van der Waals surface area contributed by atoms with E-state index in [0.29, 0.717) is 13.0 Å². The molecule has 0 radical (unpaired) electrons. The molecule has 3 aromatic rings. The van der Waals surface area contributed by atoms with E-state index in [9.17, 15) is 9.90 Å². The molecule has 3 aromatic carbocycles. The third-order valence-corrected chi connectivity index (χ3v) is 4.51. The second kappa shape index (κ2) is 10.5. The monoisotopic (exact) mass is 397 g/mol. The highest BCUT2D eigenvalue weighted by molar-refractivity contribution is 5.85. The van der Waals surface area contributed by atoms with Crippen LogP contribution in [0, 0.1) is 0 Å². The molecule has 1 atom stereocenters. The number of carbonyl (C=O) groups is 1. The van der Waals surface area contributed by atoms with Gasteiger partial charge in [-0.2, -0.15) is 0 Å². The zero-order valence-electron chi connectivity index (χ0n) is 15.7. The van der Waals surface area contributed by atoms with E-state index in [1.54, 1.807) is 7.11 Å². The summed E-state index contributed by atoms with van der Waals surface area (Å²) in [5.41, 5.74) is 4.07. The van der Waals surface area contributed by atoms with E-state index in [-0.39, 0.29) is 12.4 Å². The molecule has 0 saturated heterocycles. The number of methoxy groups -OCH3 is 1. The Morgan fingerprint density at radius 3 is 2.25 bits per heavy atom. The van der Waals surface area contributed by atoms with Crippen molar-refractivity contribution >= 4 is 18.4 Å². The molecule has 0 heterocycles. The van der Waals surface area contributed by atoms with Gasteiger partial charge in [-0.05, 0) is 40.8 Å². The molecule has 0 bridgehead atoms. The normalized spacial score (nSPS) is 11.3. The number of carboxylic acid groups (broad SMARTS) is 1. The summed E-state index contributed by atoms with van der Waals surface area (Å²) in [6.07, 6.45) is 0.365. The summed E-state index contributed by atoms with van der Waals surface area (Å²) in [4.78, 5) is 11.8. The molecule has 0 unspecified atom stereocenters. The molecule has 0 saturated carbocycles. The Balaban J connectivity index is 0.00000280. The predicted octanol–water partition coefficient (Wildman–Crippen LogP) is 4.57. The molecule has 0 amide bonds.